The highest BCUT2D eigenvalue weighted by Crippen LogP contribution is 2.21. The first-order valence-electron chi connectivity index (χ1n) is 13.2. The van der Waals surface area contributed by atoms with Gasteiger partial charge < -0.3 is 9.73 Å². The minimum absolute atomic E-state index is 0.209. The number of nitrogens with zero attached hydrogens (tertiary/aromatic N) is 1. The van der Waals surface area contributed by atoms with Gasteiger partial charge in [0.15, 0.2) is 5.76 Å². The van der Waals surface area contributed by atoms with Gasteiger partial charge in [-0.1, -0.05) is 96.5 Å². The molecule has 6 heteroatoms. The molecule has 0 spiro atoms. The molecule has 1 N–H and O–H groups in total. The van der Waals surface area contributed by atoms with Crippen molar-refractivity contribution in [1.29, 1.82) is 0 Å². The second kappa shape index (κ2) is 13.2. The lowest BCUT2D eigenvalue weighted by Crippen LogP contribution is -2.29. The summed E-state index contributed by atoms with van der Waals surface area (Å²) in [6.07, 6.45) is 0.659. The maximum Gasteiger partial charge on any atom is 0.287 e. The van der Waals surface area contributed by atoms with E-state index >= 15 is 0 Å². The summed E-state index contributed by atoms with van der Waals surface area (Å²) < 4.78 is 19.9. The lowest BCUT2D eigenvalue weighted by Gasteiger charge is -2.22. The molecular formula is C34H30ClFN2O2. The molecule has 5 rings (SSSR count). The predicted molar refractivity (Wildman–Crippen MR) is 156 cm³/mol. The number of halogens is 2. The van der Waals surface area contributed by atoms with Crippen LogP contribution < -0.4 is 5.32 Å². The van der Waals surface area contributed by atoms with Crippen LogP contribution in [0.25, 0.3) is 0 Å². The van der Waals surface area contributed by atoms with Gasteiger partial charge in [-0.25, -0.2) is 4.39 Å². The van der Waals surface area contributed by atoms with Crippen molar-refractivity contribution in [3.05, 3.63) is 166 Å². The Morgan fingerprint density at radius 3 is 2.15 bits per heavy atom. The Morgan fingerprint density at radius 1 is 0.750 bits per heavy atom. The number of hydrogen-bond acceptors (Lipinski definition) is 3. The number of hydrogen-bond donors (Lipinski definition) is 1. The van der Waals surface area contributed by atoms with Crippen molar-refractivity contribution in [2.24, 2.45) is 0 Å². The third-order valence-corrected chi connectivity index (χ3v) is 6.92. The van der Waals surface area contributed by atoms with Crippen LogP contribution in [0.5, 0.6) is 0 Å². The van der Waals surface area contributed by atoms with E-state index in [4.69, 9.17) is 16.0 Å². The standard InChI is InChI=1S/C34H30ClFN2O2/c35-29-16-14-26(15-17-29)22-38(23-27-10-7-13-30(36)20-27)24-31-18-19-33(40-31)34(39)37-32(28-11-5-2-6-12-28)21-25-8-3-1-4-9-25/h1-20,32H,21-24H2,(H,37,39). The Morgan fingerprint density at radius 2 is 1.43 bits per heavy atom. The highest BCUT2D eigenvalue weighted by molar-refractivity contribution is 6.30. The molecule has 0 radical (unpaired) electrons. The molecule has 0 aliphatic carbocycles. The number of furan rings is 1. The third kappa shape index (κ3) is 7.69. The van der Waals surface area contributed by atoms with Crippen molar-refractivity contribution in [1.82, 2.24) is 10.2 Å². The number of carbonyl (C=O) groups excluding carboxylic acids is 1. The predicted octanol–water partition coefficient (Wildman–Crippen LogP) is 7.99. The zero-order chi connectivity index (χ0) is 27.7. The maximum absolute atomic E-state index is 13.9. The van der Waals surface area contributed by atoms with Gasteiger partial charge in [0.05, 0.1) is 12.6 Å². The van der Waals surface area contributed by atoms with Crippen LogP contribution in [0.4, 0.5) is 4.39 Å². The third-order valence-electron chi connectivity index (χ3n) is 6.67. The first-order chi connectivity index (χ1) is 19.5. The van der Waals surface area contributed by atoms with Gasteiger partial charge >= 0.3 is 0 Å². The van der Waals surface area contributed by atoms with E-state index in [0.717, 1.165) is 22.3 Å². The summed E-state index contributed by atoms with van der Waals surface area (Å²) in [6.45, 7) is 1.55. The molecule has 0 fully saturated rings. The van der Waals surface area contributed by atoms with Crippen molar-refractivity contribution in [2.75, 3.05) is 0 Å². The van der Waals surface area contributed by atoms with Gasteiger partial charge in [-0.15, -0.1) is 0 Å². The first-order valence-corrected chi connectivity index (χ1v) is 13.6. The van der Waals surface area contributed by atoms with E-state index in [0.29, 0.717) is 36.8 Å². The molecule has 0 saturated carbocycles. The first kappa shape index (κ1) is 27.4. The molecule has 0 saturated heterocycles. The van der Waals surface area contributed by atoms with E-state index < -0.39 is 0 Å². The zero-order valence-electron chi connectivity index (χ0n) is 22.0. The van der Waals surface area contributed by atoms with Crippen molar-refractivity contribution < 1.29 is 13.6 Å². The van der Waals surface area contributed by atoms with E-state index in [1.165, 1.54) is 12.1 Å². The number of benzene rings is 4. The number of amides is 1. The molecule has 1 atom stereocenters. The maximum atomic E-state index is 13.9. The molecule has 1 aromatic heterocycles. The molecule has 40 heavy (non-hydrogen) atoms. The number of rotatable bonds is 11. The summed E-state index contributed by atoms with van der Waals surface area (Å²) in [5.41, 5.74) is 4.07. The summed E-state index contributed by atoms with van der Waals surface area (Å²) in [6, 6.07) is 37.6. The van der Waals surface area contributed by atoms with Crippen molar-refractivity contribution in [2.45, 2.75) is 32.1 Å². The molecule has 1 heterocycles. The number of carbonyl (C=O) groups is 1. The van der Waals surface area contributed by atoms with Gasteiger partial charge in [-0.2, -0.15) is 0 Å². The van der Waals surface area contributed by atoms with Gasteiger partial charge in [-0.05, 0) is 65.1 Å². The van der Waals surface area contributed by atoms with Crippen molar-refractivity contribution in [3.8, 4) is 0 Å². The molecule has 0 bridgehead atoms. The Bertz CT molecular complexity index is 1520. The highest BCUT2D eigenvalue weighted by Gasteiger charge is 2.20. The molecule has 5 aromatic rings. The zero-order valence-corrected chi connectivity index (χ0v) is 22.7. The topological polar surface area (TPSA) is 45.5 Å². The van der Waals surface area contributed by atoms with Crippen molar-refractivity contribution >= 4 is 17.5 Å². The van der Waals surface area contributed by atoms with Gasteiger partial charge in [0.2, 0.25) is 0 Å². The van der Waals surface area contributed by atoms with Crippen LogP contribution in [0.2, 0.25) is 5.02 Å². The van der Waals surface area contributed by atoms with Crippen molar-refractivity contribution in [3.63, 3.8) is 0 Å². The summed E-state index contributed by atoms with van der Waals surface area (Å²) in [4.78, 5) is 15.4. The average Bonchev–Trinajstić information content (AvgIpc) is 3.44. The fourth-order valence-electron chi connectivity index (χ4n) is 4.73. The van der Waals surface area contributed by atoms with Crippen LogP contribution in [0.15, 0.2) is 126 Å². The Balaban J connectivity index is 1.31. The molecular weight excluding hydrogens is 523 g/mol. The second-order valence-electron chi connectivity index (χ2n) is 9.79. The van der Waals surface area contributed by atoms with Crippen LogP contribution in [-0.4, -0.2) is 10.8 Å². The van der Waals surface area contributed by atoms with E-state index in [9.17, 15) is 9.18 Å². The SMILES string of the molecule is O=C(NC(Cc1ccccc1)c1ccccc1)c1ccc(CN(Cc2ccc(Cl)cc2)Cc2cccc(F)c2)o1. The lowest BCUT2D eigenvalue weighted by atomic mass is 9.99. The van der Waals surface area contributed by atoms with Crippen LogP contribution in [-0.2, 0) is 26.1 Å². The van der Waals surface area contributed by atoms with Gasteiger partial charge in [-0.3, -0.25) is 9.69 Å². The Hall–Kier alpha value is -4.19. The fourth-order valence-corrected chi connectivity index (χ4v) is 4.86. The monoisotopic (exact) mass is 552 g/mol. The lowest BCUT2D eigenvalue weighted by molar-refractivity contribution is 0.0904. The number of nitrogens with one attached hydrogen (secondary N) is 1. The molecule has 202 valence electrons. The second-order valence-corrected chi connectivity index (χ2v) is 10.2. The highest BCUT2D eigenvalue weighted by atomic mass is 35.5. The summed E-state index contributed by atoms with van der Waals surface area (Å²) in [7, 11) is 0. The summed E-state index contributed by atoms with van der Waals surface area (Å²) >= 11 is 6.07. The van der Waals surface area contributed by atoms with Crippen LogP contribution in [0, 0.1) is 5.82 Å². The summed E-state index contributed by atoms with van der Waals surface area (Å²) in [5, 5.41) is 3.83. The van der Waals surface area contributed by atoms with Gasteiger partial charge in [0, 0.05) is 18.1 Å². The molecule has 1 amide bonds. The largest absolute Gasteiger partial charge is 0.455 e. The van der Waals surface area contributed by atoms with Gasteiger partial charge in [0.1, 0.15) is 11.6 Å². The molecule has 0 aliphatic rings. The molecule has 1 unspecified atom stereocenters. The van der Waals surface area contributed by atoms with E-state index in [-0.39, 0.29) is 23.5 Å². The quantitative estimate of drug-likeness (QED) is 0.181. The minimum Gasteiger partial charge on any atom is -0.455 e. The molecule has 0 aliphatic heterocycles. The molecule has 4 aromatic carbocycles. The minimum atomic E-state index is -0.274. The van der Waals surface area contributed by atoms with Crippen LogP contribution in [0.1, 0.15) is 44.6 Å². The Labute approximate surface area is 239 Å². The summed E-state index contributed by atoms with van der Waals surface area (Å²) in [5.74, 6) is 0.353. The van der Waals surface area contributed by atoms with E-state index in [1.54, 1.807) is 12.1 Å². The smallest absolute Gasteiger partial charge is 0.287 e. The van der Waals surface area contributed by atoms with Gasteiger partial charge in [0.25, 0.3) is 5.91 Å². The average molecular weight is 553 g/mol. The Kier molecular flexibility index (Phi) is 9.07. The van der Waals surface area contributed by atoms with Crippen LogP contribution >= 0.6 is 11.6 Å². The fraction of sp³-hybridized carbons (Fsp3) is 0.147. The van der Waals surface area contributed by atoms with E-state index in [1.807, 2.05) is 84.9 Å². The normalized spacial score (nSPS) is 11.9. The van der Waals surface area contributed by atoms with Crippen LogP contribution in [0.3, 0.4) is 0 Å². The molecule has 4 nitrogen and oxygen atoms in total. The van der Waals surface area contributed by atoms with E-state index in [2.05, 4.69) is 22.3 Å².